The van der Waals surface area contributed by atoms with Crippen LogP contribution in [-0.4, -0.2) is 15.7 Å². The highest BCUT2D eigenvalue weighted by Crippen LogP contribution is 2.38. The third kappa shape index (κ3) is 1.72. The molecule has 0 saturated carbocycles. The molecule has 1 atom stereocenters. The van der Waals surface area contributed by atoms with Crippen molar-refractivity contribution in [1.29, 1.82) is 0 Å². The predicted octanol–water partition coefficient (Wildman–Crippen LogP) is 2.59. The number of nitrogens with two attached hydrogens (primary N) is 1. The summed E-state index contributed by atoms with van der Waals surface area (Å²) in [6.45, 7) is 0.586. The molecule has 0 amide bonds. The second kappa shape index (κ2) is 4.11. The van der Waals surface area contributed by atoms with Gasteiger partial charge in [-0.25, -0.2) is 4.98 Å². The zero-order valence-corrected chi connectivity index (χ0v) is 9.89. The maximum atomic E-state index is 5.63. The number of fused-ring (bicyclic) bond motifs is 1. The molecule has 0 radical (unpaired) electrons. The number of thioether (sulfide) groups is 1. The normalized spacial score (nSPS) is 20.7. The topological polar surface area (TPSA) is 54.7 Å². The van der Waals surface area contributed by atoms with Crippen molar-refractivity contribution in [2.45, 2.75) is 24.6 Å². The summed E-state index contributed by atoms with van der Waals surface area (Å²) in [5.74, 6) is 2.39. The molecule has 1 saturated heterocycles. The van der Waals surface area contributed by atoms with Crippen molar-refractivity contribution in [1.82, 2.24) is 9.97 Å². The number of H-pyrrole nitrogens is 1. The SMILES string of the molecule is NCc1ccc2nc(C3CCCS3)[nH]c2c1. The fourth-order valence-electron chi connectivity index (χ4n) is 2.15. The number of hydrogen-bond acceptors (Lipinski definition) is 3. The van der Waals surface area contributed by atoms with Gasteiger partial charge in [0, 0.05) is 6.54 Å². The zero-order valence-electron chi connectivity index (χ0n) is 9.07. The fraction of sp³-hybridized carbons (Fsp3) is 0.417. The van der Waals surface area contributed by atoms with Crippen molar-refractivity contribution in [3.63, 3.8) is 0 Å². The first-order valence-electron chi connectivity index (χ1n) is 5.67. The van der Waals surface area contributed by atoms with Crippen LogP contribution in [0.5, 0.6) is 0 Å². The van der Waals surface area contributed by atoms with Crippen molar-refractivity contribution in [2.75, 3.05) is 5.75 Å². The van der Waals surface area contributed by atoms with Gasteiger partial charge in [0.2, 0.25) is 0 Å². The van der Waals surface area contributed by atoms with Gasteiger partial charge in [-0.3, -0.25) is 0 Å². The lowest BCUT2D eigenvalue weighted by molar-refractivity contribution is 0.793. The number of imidazole rings is 1. The summed E-state index contributed by atoms with van der Waals surface area (Å²) in [6, 6.07) is 6.21. The van der Waals surface area contributed by atoms with Gasteiger partial charge in [0.15, 0.2) is 0 Å². The molecule has 0 bridgehead atoms. The third-order valence-corrected chi connectivity index (χ3v) is 4.42. The molecule has 1 aromatic heterocycles. The maximum absolute atomic E-state index is 5.63. The Bertz CT molecular complexity index is 500. The third-order valence-electron chi connectivity index (χ3n) is 3.03. The minimum absolute atomic E-state index is 0.564. The van der Waals surface area contributed by atoms with Gasteiger partial charge in [-0.15, -0.1) is 0 Å². The Morgan fingerprint density at radius 1 is 1.50 bits per heavy atom. The molecule has 0 spiro atoms. The summed E-state index contributed by atoms with van der Waals surface area (Å²) in [4.78, 5) is 8.08. The molecule has 16 heavy (non-hydrogen) atoms. The first kappa shape index (κ1) is 10.2. The van der Waals surface area contributed by atoms with Crippen molar-refractivity contribution in [3.8, 4) is 0 Å². The van der Waals surface area contributed by atoms with Gasteiger partial charge in [0.1, 0.15) is 5.82 Å². The molecule has 1 aliphatic heterocycles. The van der Waals surface area contributed by atoms with Crippen LogP contribution in [0.15, 0.2) is 18.2 Å². The van der Waals surface area contributed by atoms with Crippen LogP contribution in [-0.2, 0) is 6.54 Å². The van der Waals surface area contributed by atoms with E-state index in [0.29, 0.717) is 11.8 Å². The van der Waals surface area contributed by atoms with Crippen LogP contribution in [0.25, 0.3) is 11.0 Å². The Hall–Kier alpha value is -1.00. The summed E-state index contributed by atoms with van der Waals surface area (Å²) >= 11 is 2.00. The Kier molecular flexibility index (Phi) is 2.61. The molecule has 4 heteroatoms. The summed E-state index contributed by atoms with van der Waals surface area (Å²) < 4.78 is 0. The van der Waals surface area contributed by atoms with Crippen LogP contribution < -0.4 is 5.73 Å². The summed E-state index contributed by atoms with van der Waals surface area (Å²) in [5, 5.41) is 0.564. The molecular weight excluding hydrogens is 218 g/mol. The number of rotatable bonds is 2. The molecule has 3 rings (SSSR count). The van der Waals surface area contributed by atoms with Gasteiger partial charge in [-0.2, -0.15) is 11.8 Å². The van der Waals surface area contributed by atoms with Gasteiger partial charge in [-0.1, -0.05) is 6.07 Å². The minimum atomic E-state index is 0.564. The minimum Gasteiger partial charge on any atom is -0.341 e. The van der Waals surface area contributed by atoms with Gasteiger partial charge < -0.3 is 10.7 Å². The Labute approximate surface area is 98.8 Å². The van der Waals surface area contributed by atoms with E-state index in [2.05, 4.69) is 28.2 Å². The van der Waals surface area contributed by atoms with Crippen molar-refractivity contribution in [2.24, 2.45) is 5.73 Å². The largest absolute Gasteiger partial charge is 0.341 e. The van der Waals surface area contributed by atoms with E-state index < -0.39 is 0 Å². The van der Waals surface area contributed by atoms with Gasteiger partial charge in [0.25, 0.3) is 0 Å². The number of nitrogens with one attached hydrogen (secondary N) is 1. The molecule has 1 aliphatic rings. The van der Waals surface area contributed by atoms with Crippen LogP contribution in [0.2, 0.25) is 0 Å². The number of benzene rings is 1. The second-order valence-electron chi connectivity index (χ2n) is 4.18. The maximum Gasteiger partial charge on any atom is 0.120 e. The predicted molar refractivity (Wildman–Crippen MR) is 68.4 cm³/mol. The summed E-state index contributed by atoms with van der Waals surface area (Å²) in [6.07, 6.45) is 2.55. The van der Waals surface area contributed by atoms with E-state index in [9.17, 15) is 0 Å². The average Bonchev–Trinajstić information content (AvgIpc) is 2.96. The first-order valence-corrected chi connectivity index (χ1v) is 6.72. The Balaban J connectivity index is 2.01. The lowest BCUT2D eigenvalue weighted by Crippen LogP contribution is -1.95. The highest BCUT2D eigenvalue weighted by Gasteiger charge is 2.20. The van der Waals surface area contributed by atoms with Crippen LogP contribution in [0.1, 0.15) is 29.5 Å². The van der Waals surface area contributed by atoms with Crippen LogP contribution in [0.3, 0.4) is 0 Å². The lowest BCUT2D eigenvalue weighted by atomic mass is 10.2. The van der Waals surface area contributed by atoms with Gasteiger partial charge in [0.05, 0.1) is 16.3 Å². The number of aromatic nitrogens is 2. The van der Waals surface area contributed by atoms with Crippen LogP contribution in [0.4, 0.5) is 0 Å². The Morgan fingerprint density at radius 2 is 2.44 bits per heavy atom. The van der Waals surface area contributed by atoms with E-state index in [-0.39, 0.29) is 0 Å². The quantitative estimate of drug-likeness (QED) is 0.838. The van der Waals surface area contributed by atoms with Crippen molar-refractivity contribution >= 4 is 22.8 Å². The standard InChI is InChI=1S/C12H15N3S/c13-7-8-3-4-9-10(6-8)15-12(14-9)11-2-1-5-16-11/h3-4,6,11H,1-2,5,7,13H2,(H,14,15). The molecule has 2 heterocycles. The smallest absolute Gasteiger partial charge is 0.120 e. The number of hydrogen-bond donors (Lipinski definition) is 2. The molecule has 84 valence electrons. The molecular formula is C12H15N3S. The molecule has 1 unspecified atom stereocenters. The highest BCUT2D eigenvalue weighted by atomic mass is 32.2. The summed E-state index contributed by atoms with van der Waals surface area (Å²) in [7, 11) is 0. The van der Waals surface area contributed by atoms with Crippen molar-refractivity contribution in [3.05, 3.63) is 29.6 Å². The highest BCUT2D eigenvalue weighted by molar-refractivity contribution is 7.99. The molecule has 3 N–H and O–H groups in total. The van der Waals surface area contributed by atoms with Crippen LogP contribution >= 0.6 is 11.8 Å². The molecule has 1 fully saturated rings. The fourth-order valence-corrected chi connectivity index (χ4v) is 3.37. The average molecular weight is 233 g/mol. The van der Waals surface area contributed by atoms with E-state index in [0.717, 1.165) is 22.4 Å². The van der Waals surface area contributed by atoms with E-state index in [4.69, 9.17) is 5.73 Å². The van der Waals surface area contributed by atoms with E-state index in [1.807, 2.05) is 11.8 Å². The molecule has 3 nitrogen and oxygen atoms in total. The van der Waals surface area contributed by atoms with Gasteiger partial charge in [-0.05, 0) is 36.3 Å². The van der Waals surface area contributed by atoms with Crippen molar-refractivity contribution < 1.29 is 0 Å². The molecule has 0 aliphatic carbocycles. The zero-order chi connectivity index (χ0) is 11.0. The Morgan fingerprint density at radius 3 is 3.19 bits per heavy atom. The number of nitrogens with zero attached hydrogens (tertiary/aromatic N) is 1. The van der Waals surface area contributed by atoms with E-state index in [1.165, 1.54) is 18.6 Å². The van der Waals surface area contributed by atoms with Crippen LogP contribution in [0, 0.1) is 0 Å². The van der Waals surface area contributed by atoms with E-state index in [1.54, 1.807) is 0 Å². The van der Waals surface area contributed by atoms with Gasteiger partial charge >= 0.3 is 0 Å². The second-order valence-corrected chi connectivity index (χ2v) is 5.49. The first-order chi connectivity index (χ1) is 7.86. The number of aromatic amines is 1. The molecule has 1 aromatic carbocycles. The van der Waals surface area contributed by atoms with E-state index >= 15 is 0 Å². The monoisotopic (exact) mass is 233 g/mol. The molecule has 2 aromatic rings. The lowest BCUT2D eigenvalue weighted by Gasteiger charge is -2.02. The summed E-state index contributed by atoms with van der Waals surface area (Å²) in [5.41, 5.74) is 8.96.